The molecule has 1 aliphatic heterocycles. The fourth-order valence-electron chi connectivity index (χ4n) is 2.67. The number of nitrogens with one attached hydrogen (secondary N) is 1. The topological polar surface area (TPSA) is 72.8 Å². The van der Waals surface area contributed by atoms with Gasteiger partial charge in [0.2, 0.25) is 0 Å². The number of hydrogen-bond acceptors (Lipinski definition) is 4. The lowest BCUT2D eigenvalue weighted by Gasteiger charge is -2.34. The smallest absolute Gasteiger partial charge is 0.423 e. The highest BCUT2D eigenvalue weighted by Crippen LogP contribution is 2.13. The standard InChI is InChI=1S/C15H23BN2O3/c1-11(2)18-8-6-14(7-9-18)17-15(19)12-4-3-5-13(10-12)16(20)21/h3-5,10-11,14,20-21H,6-9H2,1-2H3,(H,17,19). The molecule has 0 bridgehead atoms. The van der Waals surface area contributed by atoms with E-state index in [1.54, 1.807) is 18.2 Å². The Morgan fingerprint density at radius 2 is 2.00 bits per heavy atom. The monoisotopic (exact) mass is 290 g/mol. The average molecular weight is 290 g/mol. The van der Waals surface area contributed by atoms with Crippen molar-refractivity contribution in [1.82, 2.24) is 10.2 Å². The van der Waals surface area contributed by atoms with Crippen molar-refractivity contribution in [2.24, 2.45) is 0 Å². The third-order valence-corrected chi connectivity index (χ3v) is 4.04. The first-order chi connectivity index (χ1) is 9.97. The van der Waals surface area contributed by atoms with Crippen molar-refractivity contribution >= 4 is 18.5 Å². The normalized spacial score (nSPS) is 17.0. The van der Waals surface area contributed by atoms with E-state index in [0.717, 1.165) is 25.9 Å². The van der Waals surface area contributed by atoms with E-state index in [-0.39, 0.29) is 11.9 Å². The number of carbonyl (C=O) groups excluding carboxylic acids is 1. The summed E-state index contributed by atoms with van der Waals surface area (Å²) in [5.41, 5.74) is 0.796. The molecular formula is C15H23BN2O3. The second kappa shape index (κ2) is 7.07. The van der Waals surface area contributed by atoms with Gasteiger partial charge >= 0.3 is 7.12 Å². The molecule has 0 aliphatic carbocycles. The molecule has 1 aromatic rings. The van der Waals surface area contributed by atoms with Crippen LogP contribution in [0.4, 0.5) is 0 Å². The summed E-state index contributed by atoms with van der Waals surface area (Å²) in [6.45, 7) is 6.37. The van der Waals surface area contributed by atoms with Gasteiger partial charge in [-0.25, -0.2) is 0 Å². The van der Waals surface area contributed by atoms with Crippen LogP contribution in [0, 0.1) is 0 Å². The summed E-state index contributed by atoms with van der Waals surface area (Å²) >= 11 is 0. The van der Waals surface area contributed by atoms with Crippen molar-refractivity contribution in [2.75, 3.05) is 13.1 Å². The number of rotatable bonds is 4. The summed E-state index contributed by atoms with van der Waals surface area (Å²) in [5.74, 6) is -0.152. The Labute approximate surface area is 126 Å². The average Bonchev–Trinajstić information content (AvgIpc) is 2.48. The van der Waals surface area contributed by atoms with E-state index in [9.17, 15) is 4.79 Å². The van der Waals surface area contributed by atoms with Gasteiger partial charge in [0.1, 0.15) is 0 Å². The summed E-state index contributed by atoms with van der Waals surface area (Å²) in [7, 11) is -1.55. The molecule has 1 heterocycles. The number of nitrogens with zero attached hydrogens (tertiary/aromatic N) is 1. The van der Waals surface area contributed by atoms with Crippen LogP contribution in [0.25, 0.3) is 0 Å². The van der Waals surface area contributed by atoms with Gasteiger partial charge < -0.3 is 20.3 Å². The fraction of sp³-hybridized carbons (Fsp3) is 0.533. The molecule has 0 radical (unpaired) electrons. The third kappa shape index (κ3) is 4.30. The van der Waals surface area contributed by atoms with Crippen LogP contribution >= 0.6 is 0 Å². The van der Waals surface area contributed by atoms with Gasteiger partial charge in [0.15, 0.2) is 0 Å². The van der Waals surface area contributed by atoms with Crippen LogP contribution in [-0.2, 0) is 0 Å². The van der Waals surface area contributed by atoms with Gasteiger partial charge in [0.05, 0.1) is 0 Å². The maximum atomic E-state index is 12.2. The van der Waals surface area contributed by atoms with Crippen LogP contribution in [0.2, 0.25) is 0 Å². The van der Waals surface area contributed by atoms with Gasteiger partial charge in [-0.15, -0.1) is 0 Å². The zero-order valence-corrected chi connectivity index (χ0v) is 12.6. The Morgan fingerprint density at radius 3 is 2.57 bits per heavy atom. The number of piperidine rings is 1. The molecule has 5 nitrogen and oxygen atoms in total. The highest BCUT2D eigenvalue weighted by Gasteiger charge is 2.22. The second-order valence-corrected chi connectivity index (χ2v) is 5.88. The predicted molar refractivity (Wildman–Crippen MR) is 83.5 cm³/mol. The molecule has 1 fully saturated rings. The minimum absolute atomic E-state index is 0.152. The van der Waals surface area contributed by atoms with E-state index in [0.29, 0.717) is 17.1 Å². The van der Waals surface area contributed by atoms with Crippen LogP contribution in [0.1, 0.15) is 37.0 Å². The van der Waals surface area contributed by atoms with Gasteiger partial charge in [-0.2, -0.15) is 0 Å². The van der Waals surface area contributed by atoms with E-state index >= 15 is 0 Å². The van der Waals surface area contributed by atoms with Gasteiger partial charge in [-0.1, -0.05) is 12.1 Å². The van der Waals surface area contributed by atoms with Crippen molar-refractivity contribution in [3.05, 3.63) is 29.8 Å². The summed E-state index contributed by atoms with van der Waals surface area (Å²) in [4.78, 5) is 14.6. The van der Waals surface area contributed by atoms with E-state index < -0.39 is 7.12 Å². The second-order valence-electron chi connectivity index (χ2n) is 5.88. The van der Waals surface area contributed by atoms with Crippen molar-refractivity contribution < 1.29 is 14.8 Å². The number of hydrogen-bond donors (Lipinski definition) is 3. The fourth-order valence-corrected chi connectivity index (χ4v) is 2.67. The first-order valence-electron chi connectivity index (χ1n) is 7.48. The van der Waals surface area contributed by atoms with E-state index in [1.807, 2.05) is 0 Å². The lowest BCUT2D eigenvalue weighted by Crippen LogP contribution is -2.46. The van der Waals surface area contributed by atoms with Gasteiger partial charge in [0, 0.05) is 30.7 Å². The number of carbonyl (C=O) groups is 1. The third-order valence-electron chi connectivity index (χ3n) is 4.04. The van der Waals surface area contributed by atoms with E-state index in [4.69, 9.17) is 10.0 Å². The first kappa shape index (κ1) is 16.0. The molecule has 114 valence electrons. The predicted octanol–water partition coefficient (Wildman–Crippen LogP) is -0.0310. The van der Waals surface area contributed by atoms with Crippen LogP contribution in [-0.4, -0.2) is 53.1 Å². The molecule has 1 aromatic carbocycles. The quantitative estimate of drug-likeness (QED) is 0.681. The molecule has 0 unspecified atom stereocenters. The molecule has 0 atom stereocenters. The Bertz CT molecular complexity index is 486. The van der Waals surface area contributed by atoms with Crippen molar-refractivity contribution in [3.63, 3.8) is 0 Å². The SMILES string of the molecule is CC(C)N1CCC(NC(=O)c2cccc(B(O)O)c2)CC1. The lowest BCUT2D eigenvalue weighted by molar-refractivity contribution is 0.0900. The summed E-state index contributed by atoms with van der Waals surface area (Å²) in [6.07, 6.45) is 1.90. The molecule has 0 aromatic heterocycles. The van der Waals surface area contributed by atoms with Gasteiger partial charge in [-0.3, -0.25) is 4.79 Å². The zero-order chi connectivity index (χ0) is 15.4. The molecule has 6 heteroatoms. The Balaban J connectivity index is 1.92. The molecule has 1 aliphatic rings. The molecule has 1 amide bonds. The maximum absolute atomic E-state index is 12.2. The van der Waals surface area contributed by atoms with Crippen LogP contribution in [0.3, 0.4) is 0 Å². The Kier molecular flexibility index (Phi) is 5.39. The number of amides is 1. The van der Waals surface area contributed by atoms with Crippen LogP contribution in [0.5, 0.6) is 0 Å². The van der Waals surface area contributed by atoms with Crippen LogP contribution < -0.4 is 10.8 Å². The molecular weight excluding hydrogens is 267 g/mol. The molecule has 3 N–H and O–H groups in total. The molecule has 0 saturated carbocycles. The minimum atomic E-state index is -1.55. The molecule has 2 rings (SSSR count). The van der Waals surface area contributed by atoms with Gasteiger partial charge in [-0.05, 0) is 44.3 Å². The number of benzene rings is 1. The van der Waals surface area contributed by atoms with Gasteiger partial charge in [0.25, 0.3) is 5.91 Å². The van der Waals surface area contributed by atoms with Crippen molar-refractivity contribution in [2.45, 2.75) is 38.8 Å². The van der Waals surface area contributed by atoms with E-state index in [2.05, 4.69) is 24.1 Å². The van der Waals surface area contributed by atoms with Crippen LogP contribution in [0.15, 0.2) is 24.3 Å². The molecule has 21 heavy (non-hydrogen) atoms. The zero-order valence-electron chi connectivity index (χ0n) is 12.6. The first-order valence-corrected chi connectivity index (χ1v) is 7.48. The summed E-state index contributed by atoms with van der Waals surface area (Å²) in [6, 6.07) is 7.18. The van der Waals surface area contributed by atoms with Crippen molar-refractivity contribution in [3.8, 4) is 0 Å². The van der Waals surface area contributed by atoms with E-state index in [1.165, 1.54) is 6.07 Å². The largest absolute Gasteiger partial charge is 0.488 e. The highest BCUT2D eigenvalue weighted by atomic mass is 16.4. The molecule has 1 saturated heterocycles. The number of likely N-dealkylation sites (tertiary alicyclic amines) is 1. The minimum Gasteiger partial charge on any atom is -0.423 e. The van der Waals surface area contributed by atoms with Crippen molar-refractivity contribution in [1.29, 1.82) is 0 Å². The molecule has 0 spiro atoms. The Hall–Kier alpha value is -1.37. The highest BCUT2D eigenvalue weighted by molar-refractivity contribution is 6.58. The Morgan fingerprint density at radius 1 is 1.33 bits per heavy atom. The summed E-state index contributed by atoms with van der Waals surface area (Å²) in [5, 5.41) is 21.3. The summed E-state index contributed by atoms with van der Waals surface area (Å²) < 4.78 is 0. The lowest BCUT2D eigenvalue weighted by atomic mass is 9.79. The maximum Gasteiger partial charge on any atom is 0.488 e.